The summed E-state index contributed by atoms with van der Waals surface area (Å²) >= 11 is 0. The highest BCUT2D eigenvalue weighted by atomic mass is 16.5. The smallest absolute Gasteiger partial charge is 0.224 e. The quantitative estimate of drug-likeness (QED) is 0.858. The van der Waals surface area contributed by atoms with Crippen LogP contribution >= 0.6 is 0 Å². The summed E-state index contributed by atoms with van der Waals surface area (Å²) in [4.78, 5) is 11.3. The van der Waals surface area contributed by atoms with Gasteiger partial charge in [-0.25, -0.2) is 0 Å². The third-order valence-corrected chi connectivity index (χ3v) is 3.32. The molecule has 0 radical (unpaired) electrons. The number of benzene rings is 1. The molecule has 0 aliphatic carbocycles. The van der Waals surface area contributed by atoms with Gasteiger partial charge in [-0.1, -0.05) is 13.0 Å². The Morgan fingerprint density at radius 1 is 1.42 bits per heavy atom. The van der Waals surface area contributed by atoms with Crippen LogP contribution in [0.5, 0.6) is 0 Å². The van der Waals surface area contributed by atoms with Gasteiger partial charge in [0, 0.05) is 30.9 Å². The maximum absolute atomic E-state index is 11.3. The standard InChI is InChI=1S/C15H22N2O2/c1-2-15(18)17-14-7-3-6-13(9-14)16-10-12-5-4-8-19-11-12/h3,6-7,9,12,16H,2,4-5,8,10-11H2,1H3,(H,17,18). The molecule has 0 saturated carbocycles. The van der Waals surface area contributed by atoms with Gasteiger partial charge >= 0.3 is 0 Å². The molecule has 4 heteroatoms. The molecule has 0 aromatic heterocycles. The number of hydrogen-bond acceptors (Lipinski definition) is 3. The molecule has 0 bridgehead atoms. The van der Waals surface area contributed by atoms with Crippen LogP contribution in [0.2, 0.25) is 0 Å². The molecule has 1 unspecified atom stereocenters. The van der Waals surface area contributed by atoms with Gasteiger partial charge < -0.3 is 15.4 Å². The number of hydrogen-bond donors (Lipinski definition) is 2. The van der Waals surface area contributed by atoms with Gasteiger partial charge in [0.05, 0.1) is 6.61 Å². The fourth-order valence-corrected chi connectivity index (χ4v) is 2.19. The number of ether oxygens (including phenoxy) is 1. The average molecular weight is 262 g/mol. The van der Waals surface area contributed by atoms with Crippen molar-refractivity contribution in [2.75, 3.05) is 30.4 Å². The van der Waals surface area contributed by atoms with Gasteiger partial charge in [0.25, 0.3) is 0 Å². The number of carbonyl (C=O) groups excluding carboxylic acids is 1. The van der Waals surface area contributed by atoms with E-state index >= 15 is 0 Å². The molecule has 1 aromatic carbocycles. The molecule has 2 rings (SSSR count). The summed E-state index contributed by atoms with van der Waals surface area (Å²) in [6.45, 7) is 4.51. The minimum absolute atomic E-state index is 0.0397. The second-order valence-corrected chi connectivity index (χ2v) is 4.95. The highest BCUT2D eigenvalue weighted by Crippen LogP contribution is 2.18. The third kappa shape index (κ3) is 4.56. The number of anilines is 2. The van der Waals surface area contributed by atoms with Crippen molar-refractivity contribution in [2.45, 2.75) is 26.2 Å². The van der Waals surface area contributed by atoms with Crippen LogP contribution in [0, 0.1) is 5.92 Å². The van der Waals surface area contributed by atoms with Crippen molar-refractivity contribution < 1.29 is 9.53 Å². The van der Waals surface area contributed by atoms with Crippen molar-refractivity contribution >= 4 is 17.3 Å². The van der Waals surface area contributed by atoms with Gasteiger partial charge in [-0.05, 0) is 37.0 Å². The Bertz CT molecular complexity index is 414. The number of carbonyl (C=O) groups is 1. The van der Waals surface area contributed by atoms with E-state index in [1.54, 1.807) is 0 Å². The molecule has 0 spiro atoms. The van der Waals surface area contributed by atoms with Crippen LogP contribution in [-0.4, -0.2) is 25.7 Å². The Balaban J connectivity index is 1.85. The van der Waals surface area contributed by atoms with Crippen molar-refractivity contribution in [1.29, 1.82) is 0 Å². The topological polar surface area (TPSA) is 50.4 Å². The van der Waals surface area contributed by atoms with E-state index in [1.165, 1.54) is 6.42 Å². The summed E-state index contributed by atoms with van der Waals surface area (Å²) in [6, 6.07) is 7.84. The minimum Gasteiger partial charge on any atom is -0.385 e. The fourth-order valence-electron chi connectivity index (χ4n) is 2.19. The van der Waals surface area contributed by atoms with E-state index in [2.05, 4.69) is 10.6 Å². The first-order chi connectivity index (χ1) is 9.28. The molecule has 104 valence electrons. The van der Waals surface area contributed by atoms with Crippen molar-refractivity contribution in [3.63, 3.8) is 0 Å². The second kappa shape index (κ2) is 7.14. The van der Waals surface area contributed by atoms with Gasteiger partial charge in [-0.2, -0.15) is 0 Å². The summed E-state index contributed by atoms with van der Waals surface area (Å²) in [5, 5.41) is 6.28. The first kappa shape index (κ1) is 13.9. The van der Waals surface area contributed by atoms with Crippen molar-refractivity contribution in [3.8, 4) is 0 Å². The fraction of sp³-hybridized carbons (Fsp3) is 0.533. The molecule has 2 N–H and O–H groups in total. The normalized spacial score (nSPS) is 18.9. The molecule has 4 nitrogen and oxygen atoms in total. The van der Waals surface area contributed by atoms with Crippen molar-refractivity contribution in [2.24, 2.45) is 5.92 Å². The van der Waals surface area contributed by atoms with Crippen molar-refractivity contribution in [1.82, 2.24) is 0 Å². The molecule has 1 saturated heterocycles. The lowest BCUT2D eigenvalue weighted by Gasteiger charge is -2.22. The van der Waals surface area contributed by atoms with E-state index in [1.807, 2.05) is 31.2 Å². The lowest BCUT2D eigenvalue weighted by molar-refractivity contribution is -0.115. The van der Waals surface area contributed by atoms with E-state index in [4.69, 9.17) is 4.74 Å². The summed E-state index contributed by atoms with van der Waals surface area (Å²) in [5.74, 6) is 0.625. The van der Waals surface area contributed by atoms with E-state index in [0.29, 0.717) is 12.3 Å². The van der Waals surface area contributed by atoms with Gasteiger partial charge in [-0.3, -0.25) is 4.79 Å². The van der Waals surface area contributed by atoms with E-state index in [-0.39, 0.29) is 5.91 Å². The molecule has 1 aliphatic heterocycles. The monoisotopic (exact) mass is 262 g/mol. The van der Waals surface area contributed by atoms with E-state index in [9.17, 15) is 4.79 Å². The molecule has 19 heavy (non-hydrogen) atoms. The minimum atomic E-state index is 0.0397. The molecular weight excluding hydrogens is 240 g/mol. The lowest BCUT2D eigenvalue weighted by Crippen LogP contribution is -2.24. The molecule has 1 amide bonds. The van der Waals surface area contributed by atoms with Crippen molar-refractivity contribution in [3.05, 3.63) is 24.3 Å². The molecular formula is C15H22N2O2. The highest BCUT2D eigenvalue weighted by Gasteiger charge is 2.13. The SMILES string of the molecule is CCC(=O)Nc1cccc(NCC2CCCOC2)c1. The zero-order valence-electron chi connectivity index (χ0n) is 11.4. The van der Waals surface area contributed by atoms with E-state index < -0.39 is 0 Å². The first-order valence-corrected chi connectivity index (χ1v) is 6.99. The van der Waals surface area contributed by atoms with Crippen LogP contribution < -0.4 is 10.6 Å². The molecule has 1 atom stereocenters. The highest BCUT2D eigenvalue weighted by molar-refractivity contribution is 5.90. The molecule has 1 aromatic rings. The van der Waals surface area contributed by atoms with Gasteiger partial charge in [-0.15, -0.1) is 0 Å². The third-order valence-electron chi connectivity index (χ3n) is 3.32. The van der Waals surface area contributed by atoms with Crippen LogP contribution in [0.4, 0.5) is 11.4 Å². The largest absolute Gasteiger partial charge is 0.385 e. The van der Waals surface area contributed by atoms with Gasteiger partial charge in [0.2, 0.25) is 5.91 Å². The van der Waals surface area contributed by atoms with Crippen LogP contribution in [0.1, 0.15) is 26.2 Å². The predicted molar refractivity (Wildman–Crippen MR) is 77.4 cm³/mol. The zero-order valence-corrected chi connectivity index (χ0v) is 11.4. The van der Waals surface area contributed by atoms with E-state index in [0.717, 1.165) is 37.6 Å². The average Bonchev–Trinajstić information content (AvgIpc) is 2.46. The Morgan fingerprint density at radius 3 is 3.00 bits per heavy atom. The molecule has 1 fully saturated rings. The zero-order chi connectivity index (χ0) is 13.5. The Labute approximate surface area is 114 Å². The lowest BCUT2D eigenvalue weighted by atomic mass is 10.0. The predicted octanol–water partition coefficient (Wildman–Crippen LogP) is 2.87. The summed E-state index contributed by atoms with van der Waals surface area (Å²) in [6.07, 6.45) is 2.87. The Hall–Kier alpha value is -1.55. The van der Waals surface area contributed by atoms with Gasteiger partial charge in [0.1, 0.15) is 0 Å². The maximum Gasteiger partial charge on any atom is 0.224 e. The summed E-state index contributed by atoms with van der Waals surface area (Å²) < 4.78 is 5.46. The van der Waals surface area contributed by atoms with Crippen LogP contribution in [0.25, 0.3) is 0 Å². The summed E-state index contributed by atoms with van der Waals surface area (Å²) in [5.41, 5.74) is 1.89. The number of rotatable bonds is 5. The Kier molecular flexibility index (Phi) is 5.21. The molecule has 1 aliphatic rings. The van der Waals surface area contributed by atoms with Crippen LogP contribution in [-0.2, 0) is 9.53 Å². The van der Waals surface area contributed by atoms with Crippen LogP contribution in [0.15, 0.2) is 24.3 Å². The van der Waals surface area contributed by atoms with Gasteiger partial charge in [0.15, 0.2) is 0 Å². The molecule has 1 heterocycles. The first-order valence-electron chi connectivity index (χ1n) is 6.99. The Morgan fingerprint density at radius 2 is 2.26 bits per heavy atom. The second-order valence-electron chi connectivity index (χ2n) is 4.95. The maximum atomic E-state index is 11.3. The number of nitrogens with one attached hydrogen (secondary N) is 2. The number of amides is 1. The van der Waals surface area contributed by atoms with Crippen LogP contribution in [0.3, 0.4) is 0 Å². The summed E-state index contributed by atoms with van der Waals surface area (Å²) in [7, 11) is 0.